The summed E-state index contributed by atoms with van der Waals surface area (Å²) in [7, 11) is -3.26. The van der Waals surface area contributed by atoms with Gasteiger partial charge in [-0.1, -0.05) is 59.6 Å². The number of hydrogen-bond acceptors (Lipinski definition) is 4. The maximum absolute atomic E-state index is 11.8. The Bertz CT molecular complexity index is 1350. The van der Waals surface area contributed by atoms with Gasteiger partial charge in [0.05, 0.1) is 26.3 Å². The van der Waals surface area contributed by atoms with Crippen LogP contribution >= 0.6 is 23.2 Å². The zero-order chi connectivity index (χ0) is 20.8. The second kappa shape index (κ2) is 7.41. The summed E-state index contributed by atoms with van der Waals surface area (Å²) < 4.78 is 23.6. The second-order valence-corrected chi connectivity index (χ2v) is 9.59. The number of rotatable bonds is 3. The molecule has 0 amide bonds. The Morgan fingerprint density at radius 3 is 1.97 bits per heavy atom. The lowest BCUT2D eigenvalue weighted by Gasteiger charge is -2.10. The number of hydrogen-bond donors (Lipinski definition) is 0. The van der Waals surface area contributed by atoms with Crippen LogP contribution in [0.2, 0.25) is 10.0 Å². The summed E-state index contributed by atoms with van der Waals surface area (Å²) in [6.45, 7) is 1.88. The third-order valence-corrected chi connectivity index (χ3v) is 6.37. The lowest BCUT2D eigenvalue weighted by Crippen LogP contribution is -1.97. The van der Waals surface area contributed by atoms with Crippen LogP contribution in [0, 0.1) is 6.92 Å². The van der Waals surface area contributed by atoms with E-state index in [9.17, 15) is 8.42 Å². The monoisotopic (exact) mass is 442 g/mol. The summed E-state index contributed by atoms with van der Waals surface area (Å²) in [5, 5.41) is 1.00. The number of sulfone groups is 1. The highest BCUT2D eigenvalue weighted by Crippen LogP contribution is 2.32. The van der Waals surface area contributed by atoms with E-state index in [0.717, 1.165) is 28.1 Å². The molecule has 0 aliphatic carbocycles. The average molecular weight is 443 g/mol. The van der Waals surface area contributed by atoms with Crippen molar-refractivity contribution in [3.05, 3.63) is 76.4 Å². The van der Waals surface area contributed by atoms with E-state index >= 15 is 0 Å². The molecule has 0 saturated heterocycles. The molecule has 7 heteroatoms. The van der Waals surface area contributed by atoms with Crippen LogP contribution in [0.3, 0.4) is 0 Å². The number of benzene rings is 3. The third-order valence-electron chi connectivity index (χ3n) is 4.65. The number of nitrogens with zero attached hydrogens (tertiary/aromatic N) is 2. The maximum atomic E-state index is 11.8. The molecule has 0 radical (unpaired) electrons. The third kappa shape index (κ3) is 3.86. The van der Waals surface area contributed by atoms with E-state index in [-0.39, 0.29) is 0 Å². The molecule has 0 saturated carbocycles. The molecule has 146 valence electrons. The molecule has 4 rings (SSSR count). The van der Waals surface area contributed by atoms with Crippen molar-refractivity contribution in [3.63, 3.8) is 0 Å². The fourth-order valence-corrected chi connectivity index (χ4v) is 4.21. The molecule has 29 heavy (non-hydrogen) atoms. The van der Waals surface area contributed by atoms with Crippen LogP contribution in [-0.2, 0) is 9.84 Å². The lowest BCUT2D eigenvalue weighted by molar-refractivity contribution is 0.602. The minimum atomic E-state index is -3.26. The summed E-state index contributed by atoms with van der Waals surface area (Å²) in [6.07, 6.45) is 1.20. The van der Waals surface area contributed by atoms with E-state index in [1.807, 2.05) is 37.3 Å². The van der Waals surface area contributed by atoms with Crippen LogP contribution in [0.5, 0.6) is 0 Å². The highest BCUT2D eigenvalue weighted by molar-refractivity contribution is 7.90. The first kappa shape index (κ1) is 19.8. The van der Waals surface area contributed by atoms with E-state index in [1.54, 1.807) is 30.3 Å². The van der Waals surface area contributed by atoms with Crippen molar-refractivity contribution in [2.45, 2.75) is 11.8 Å². The van der Waals surface area contributed by atoms with Gasteiger partial charge in [0.2, 0.25) is 0 Å². The lowest BCUT2D eigenvalue weighted by atomic mass is 10.0. The molecule has 0 N–H and O–H groups in total. The Labute approximate surface area is 179 Å². The van der Waals surface area contributed by atoms with Gasteiger partial charge in [-0.2, -0.15) is 0 Å². The molecule has 0 fully saturated rings. The van der Waals surface area contributed by atoms with E-state index in [4.69, 9.17) is 28.2 Å². The molecule has 4 nitrogen and oxygen atoms in total. The van der Waals surface area contributed by atoms with Gasteiger partial charge in [-0.25, -0.2) is 18.4 Å². The summed E-state index contributed by atoms with van der Waals surface area (Å²) in [5.41, 5.74) is 5.23. The molecule has 0 bridgehead atoms. The Morgan fingerprint density at radius 1 is 0.759 bits per heavy atom. The molecule has 0 aliphatic rings. The van der Waals surface area contributed by atoms with Crippen LogP contribution in [0.15, 0.2) is 65.6 Å². The first-order valence-electron chi connectivity index (χ1n) is 8.77. The molecule has 0 unspecified atom stereocenters. The van der Waals surface area contributed by atoms with Crippen LogP contribution in [0.25, 0.3) is 33.4 Å². The Kier molecular flexibility index (Phi) is 5.07. The molecule has 0 aliphatic heterocycles. The highest BCUT2D eigenvalue weighted by atomic mass is 35.5. The fraction of sp³-hybridized carbons (Fsp3) is 0.0909. The van der Waals surface area contributed by atoms with Crippen molar-refractivity contribution >= 4 is 44.1 Å². The van der Waals surface area contributed by atoms with Crippen molar-refractivity contribution in [2.24, 2.45) is 0 Å². The van der Waals surface area contributed by atoms with E-state index < -0.39 is 9.84 Å². The Balaban J connectivity index is 1.77. The molecule has 3 aromatic carbocycles. The fourth-order valence-electron chi connectivity index (χ4n) is 3.16. The average Bonchev–Trinajstić information content (AvgIpc) is 2.70. The first-order chi connectivity index (χ1) is 13.7. The van der Waals surface area contributed by atoms with Gasteiger partial charge in [-0.15, -0.1) is 0 Å². The summed E-state index contributed by atoms with van der Waals surface area (Å²) in [4.78, 5) is 9.58. The molecular weight excluding hydrogens is 427 g/mol. The van der Waals surface area contributed by atoms with Crippen molar-refractivity contribution in [3.8, 4) is 22.4 Å². The first-order valence-corrected chi connectivity index (χ1v) is 11.4. The standard InChI is InChI=1S/C22H16Cl2N2O2S/c1-13-20(26-22-19(24)11-10-18(23)21(22)25-13)15-8-6-14(7-9-15)16-4-3-5-17(12-16)29(2,27)28/h3-12H,1-2H3. The van der Waals surface area contributed by atoms with Gasteiger partial charge >= 0.3 is 0 Å². The summed E-state index contributed by atoms with van der Waals surface area (Å²) in [6, 6.07) is 18.0. The van der Waals surface area contributed by atoms with Gasteiger partial charge in [-0.05, 0) is 42.3 Å². The van der Waals surface area contributed by atoms with E-state index in [2.05, 4.69) is 4.98 Å². The molecular formula is C22H16Cl2N2O2S. The van der Waals surface area contributed by atoms with Crippen molar-refractivity contribution in [2.75, 3.05) is 6.26 Å². The van der Waals surface area contributed by atoms with Gasteiger partial charge in [0.15, 0.2) is 9.84 Å². The zero-order valence-corrected chi connectivity index (χ0v) is 18.0. The second-order valence-electron chi connectivity index (χ2n) is 6.76. The summed E-state index contributed by atoms with van der Waals surface area (Å²) in [5.74, 6) is 0. The normalized spacial score (nSPS) is 11.7. The summed E-state index contributed by atoms with van der Waals surface area (Å²) >= 11 is 12.5. The predicted octanol–water partition coefficient (Wildman–Crippen LogP) is 5.98. The topological polar surface area (TPSA) is 59.9 Å². The van der Waals surface area contributed by atoms with Gasteiger partial charge in [-0.3, -0.25) is 0 Å². The quantitative estimate of drug-likeness (QED) is 0.391. The highest BCUT2D eigenvalue weighted by Gasteiger charge is 2.13. The molecule has 1 heterocycles. The maximum Gasteiger partial charge on any atom is 0.175 e. The van der Waals surface area contributed by atoms with Crippen LogP contribution in [0.1, 0.15) is 5.69 Å². The SMILES string of the molecule is Cc1nc2c(Cl)ccc(Cl)c2nc1-c1ccc(-c2cccc(S(C)(=O)=O)c2)cc1. The van der Waals surface area contributed by atoms with Crippen molar-refractivity contribution in [1.82, 2.24) is 9.97 Å². The molecule has 1 aromatic heterocycles. The Hall–Kier alpha value is -2.47. The number of aryl methyl sites for hydroxylation is 1. The number of halogens is 2. The van der Waals surface area contributed by atoms with E-state index in [1.165, 1.54) is 6.26 Å². The van der Waals surface area contributed by atoms with Gasteiger partial charge in [0, 0.05) is 11.8 Å². The predicted molar refractivity (Wildman–Crippen MR) is 118 cm³/mol. The van der Waals surface area contributed by atoms with Crippen molar-refractivity contribution in [1.29, 1.82) is 0 Å². The van der Waals surface area contributed by atoms with E-state index in [0.29, 0.717) is 26.0 Å². The van der Waals surface area contributed by atoms with Crippen LogP contribution in [-0.4, -0.2) is 24.6 Å². The zero-order valence-electron chi connectivity index (χ0n) is 15.6. The van der Waals surface area contributed by atoms with Crippen molar-refractivity contribution < 1.29 is 8.42 Å². The molecule has 4 aromatic rings. The minimum Gasteiger partial charge on any atom is -0.248 e. The largest absolute Gasteiger partial charge is 0.248 e. The number of aromatic nitrogens is 2. The number of fused-ring (bicyclic) bond motifs is 1. The van der Waals surface area contributed by atoms with Gasteiger partial charge < -0.3 is 0 Å². The molecule has 0 atom stereocenters. The van der Waals surface area contributed by atoms with Crippen LogP contribution < -0.4 is 0 Å². The van der Waals surface area contributed by atoms with Crippen LogP contribution in [0.4, 0.5) is 0 Å². The minimum absolute atomic E-state index is 0.293. The van der Waals surface area contributed by atoms with Gasteiger partial charge in [0.25, 0.3) is 0 Å². The smallest absolute Gasteiger partial charge is 0.175 e. The Morgan fingerprint density at radius 2 is 1.34 bits per heavy atom. The molecule has 0 spiro atoms. The van der Waals surface area contributed by atoms with Gasteiger partial charge in [0.1, 0.15) is 11.0 Å².